The molecule has 39 heavy (non-hydrogen) atoms. The van der Waals surface area contributed by atoms with E-state index in [0.717, 1.165) is 35.4 Å². The number of fused-ring (bicyclic) bond motifs is 3. The van der Waals surface area contributed by atoms with Gasteiger partial charge in [-0.05, 0) is 57.2 Å². The molecular weight excluding hydrogens is 500 g/mol. The van der Waals surface area contributed by atoms with Crippen molar-refractivity contribution in [2.45, 2.75) is 45.3 Å². The molecule has 0 spiro atoms. The average molecular weight is 532 g/mol. The second-order valence-electron chi connectivity index (χ2n) is 10.9. The molecule has 0 amide bonds. The van der Waals surface area contributed by atoms with Gasteiger partial charge < -0.3 is 14.4 Å². The van der Waals surface area contributed by atoms with Gasteiger partial charge >= 0.3 is 0 Å². The van der Waals surface area contributed by atoms with Crippen LogP contribution in [0.4, 0.5) is 8.78 Å². The number of aliphatic hydroxyl groups is 1. The summed E-state index contributed by atoms with van der Waals surface area (Å²) < 4.78 is 41.3. The summed E-state index contributed by atoms with van der Waals surface area (Å²) in [6.45, 7) is 5.90. The Morgan fingerprint density at radius 1 is 1.10 bits per heavy atom. The first-order valence-corrected chi connectivity index (χ1v) is 13.2. The van der Waals surface area contributed by atoms with E-state index in [0.29, 0.717) is 29.6 Å². The van der Waals surface area contributed by atoms with E-state index < -0.39 is 17.2 Å². The zero-order chi connectivity index (χ0) is 27.5. The van der Waals surface area contributed by atoms with Gasteiger partial charge in [0.05, 0.1) is 45.1 Å². The van der Waals surface area contributed by atoms with Crippen molar-refractivity contribution < 1.29 is 18.6 Å². The Morgan fingerprint density at radius 2 is 1.82 bits per heavy atom. The van der Waals surface area contributed by atoms with E-state index in [1.807, 2.05) is 54.9 Å². The number of halogens is 2. The lowest BCUT2D eigenvalue weighted by molar-refractivity contribution is 0.0551. The first-order valence-electron chi connectivity index (χ1n) is 13.2. The lowest BCUT2D eigenvalue weighted by Crippen LogP contribution is -2.27. The van der Waals surface area contributed by atoms with Crippen molar-refractivity contribution >= 4 is 21.9 Å². The molecule has 1 fully saturated rings. The van der Waals surface area contributed by atoms with Crippen LogP contribution in [0.25, 0.3) is 33.2 Å². The van der Waals surface area contributed by atoms with Gasteiger partial charge in [0.15, 0.2) is 5.82 Å². The van der Waals surface area contributed by atoms with E-state index in [-0.39, 0.29) is 23.0 Å². The summed E-state index contributed by atoms with van der Waals surface area (Å²) in [5, 5.41) is 19.5. The molecule has 4 heterocycles. The molecule has 1 aliphatic heterocycles. The van der Waals surface area contributed by atoms with Crippen LogP contribution >= 0.6 is 0 Å². The van der Waals surface area contributed by atoms with Gasteiger partial charge in [-0.15, -0.1) is 5.10 Å². The fraction of sp³-hybridized carbons (Fsp3) is 0.367. The predicted molar refractivity (Wildman–Crippen MR) is 145 cm³/mol. The van der Waals surface area contributed by atoms with E-state index in [9.17, 15) is 5.11 Å². The second kappa shape index (κ2) is 9.50. The van der Waals surface area contributed by atoms with Gasteiger partial charge in [0.1, 0.15) is 5.82 Å². The van der Waals surface area contributed by atoms with Crippen LogP contribution < -0.4 is 0 Å². The molecule has 202 valence electrons. The summed E-state index contributed by atoms with van der Waals surface area (Å²) >= 11 is 0. The summed E-state index contributed by atoms with van der Waals surface area (Å²) in [6.07, 6.45) is 3.28. The highest BCUT2D eigenvalue weighted by Crippen LogP contribution is 2.44. The monoisotopic (exact) mass is 531 g/mol. The number of aromatic nitrogens is 5. The quantitative estimate of drug-likeness (QED) is 0.310. The van der Waals surface area contributed by atoms with Gasteiger partial charge in [0.25, 0.3) is 0 Å². The number of hydrogen-bond donors (Lipinski definition) is 1. The Balaban J connectivity index is 1.75. The second-order valence-corrected chi connectivity index (χ2v) is 10.9. The minimum absolute atomic E-state index is 0.138. The normalized spacial score (nSPS) is 15.9. The third kappa shape index (κ3) is 4.20. The van der Waals surface area contributed by atoms with Crippen LogP contribution in [0, 0.1) is 24.5 Å². The Labute approximate surface area is 225 Å². The molecule has 0 radical (unpaired) electrons. The smallest absolute Gasteiger partial charge is 0.156 e. The maximum atomic E-state index is 16.6. The zero-order valence-electron chi connectivity index (χ0n) is 22.4. The maximum absolute atomic E-state index is 16.6. The lowest BCUT2D eigenvalue weighted by Gasteiger charge is -2.33. The summed E-state index contributed by atoms with van der Waals surface area (Å²) in [7, 11) is 1.81. The molecular formula is C30H31F2N5O2. The van der Waals surface area contributed by atoms with Crippen LogP contribution in [-0.2, 0) is 17.4 Å². The van der Waals surface area contributed by atoms with Crippen LogP contribution in [0.1, 0.15) is 49.6 Å². The molecule has 0 saturated carbocycles. The largest absolute Gasteiger partial charge is 0.386 e. The molecule has 0 unspecified atom stereocenters. The summed E-state index contributed by atoms with van der Waals surface area (Å²) in [5.41, 5.74) is 2.65. The lowest BCUT2D eigenvalue weighted by atomic mass is 9.86. The molecule has 7 nitrogen and oxygen atoms in total. The summed E-state index contributed by atoms with van der Waals surface area (Å²) in [5.74, 6) is -1.44. The number of benzene rings is 2. The highest BCUT2D eigenvalue weighted by Gasteiger charge is 2.35. The number of rotatable bonds is 5. The molecule has 0 bridgehead atoms. The zero-order valence-corrected chi connectivity index (χ0v) is 22.4. The van der Waals surface area contributed by atoms with E-state index in [2.05, 4.69) is 10.3 Å². The van der Waals surface area contributed by atoms with Gasteiger partial charge in [-0.1, -0.05) is 35.5 Å². The van der Waals surface area contributed by atoms with Crippen molar-refractivity contribution in [2.75, 3.05) is 13.2 Å². The first kappa shape index (κ1) is 25.6. The summed E-state index contributed by atoms with van der Waals surface area (Å²) in [6, 6.07) is 13.0. The Bertz CT molecular complexity index is 1660. The van der Waals surface area contributed by atoms with E-state index in [4.69, 9.17) is 9.72 Å². The third-order valence-electron chi connectivity index (χ3n) is 7.83. The number of hydrogen-bond acceptors (Lipinski definition) is 5. The van der Waals surface area contributed by atoms with Crippen LogP contribution in [0.2, 0.25) is 0 Å². The molecule has 2 aromatic carbocycles. The van der Waals surface area contributed by atoms with E-state index in [1.165, 1.54) is 19.9 Å². The third-order valence-corrected chi connectivity index (χ3v) is 7.83. The fourth-order valence-electron chi connectivity index (χ4n) is 6.14. The van der Waals surface area contributed by atoms with Crippen molar-refractivity contribution in [1.29, 1.82) is 0 Å². The number of nitrogens with zero attached hydrogens (tertiary/aromatic N) is 5. The van der Waals surface area contributed by atoms with Crippen molar-refractivity contribution in [3.8, 4) is 11.3 Å². The molecule has 9 heteroatoms. The maximum Gasteiger partial charge on any atom is 0.156 e. The standard InChI is InChI=1S/C30H31F2N5O2/c1-17-27(36(4)35-34-17)20-14-23-26(33-16-20)21-15-22(31)24(30(2,3)38)25(32)29(21)37(23)28(18-8-6-5-7-9-18)19-10-12-39-13-11-19/h5-9,14-16,19,28,38H,10-13H2,1-4H3/t28-/m1/s1. The predicted octanol–water partition coefficient (Wildman–Crippen LogP) is 5.82. The van der Waals surface area contributed by atoms with E-state index in [1.54, 1.807) is 10.9 Å². The molecule has 3 aromatic heterocycles. The highest BCUT2D eigenvalue weighted by molar-refractivity contribution is 6.07. The van der Waals surface area contributed by atoms with Crippen LogP contribution in [-0.4, -0.2) is 42.9 Å². The first-order chi connectivity index (χ1) is 18.7. The fourth-order valence-corrected chi connectivity index (χ4v) is 6.14. The minimum atomic E-state index is -1.72. The Hall–Kier alpha value is -3.69. The van der Waals surface area contributed by atoms with Crippen LogP contribution in [0.3, 0.4) is 0 Å². The van der Waals surface area contributed by atoms with Crippen molar-refractivity contribution in [1.82, 2.24) is 24.5 Å². The number of pyridine rings is 1. The number of ether oxygens (including phenoxy) is 1. The Morgan fingerprint density at radius 3 is 2.46 bits per heavy atom. The van der Waals surface area contributed by atoms with Crippen molar-refractivity contribution in [3.05, 3.63) is 77.1 Å². The SMILES string of the molecule is Cc1nnn(C)c1-c1cnc2c3cc(F)c(C(C)(C)O)c(F)c3n([C@H](c3ccccc3)C3CCOCC3)c2c1. The molecule has 1 saturated heterocycles. The van der Waals surface area contributed by atoms with Gasteiger partial charge in [-0.3, -0.25) is 4.98 Å². The van der Waals surface area contributed by atoms with Crippen molar-refractivity contribution in [2.24, 2.45) is 13.0 Å². The number of aryl methyl sites for hydroxylation is 2. The van der Waals surface area contributed by atoms with Gasteiger partial charge in [0.2, 0.25) is 0 Å². The Kier molecular flexibility index (Phi) is 6.23. The summed E-state index contributed by atoms with van der Waals surface area (Å²) in [4.78, 5) is 4.75. The van der Waals surface area contributed by atoms with Gasteiger partial charge in [-0.2, -0.15) is 0 Å². The molecule has 1 N–H and O–H groups in total. The van der Waals surface area contributed by atoms with Crippen molar-refractivity contribution in [3.63, 3.8) is 0 Å². The van der Waals surface area contributed by atoms with Crippen LogP contribution in [0.15, 0.2) is 48.7 Å². The highest BCUT2D eigenvalue weighted by atomic mass is 19.1. The van der Waals surface area contributed by atoms with Gasteiger partial charge in [-0.25, -0.2) is 13.5 Å². The topological polar surface area (TPSA) is 78.0 Å². The average Bonchev–Trinajstić information content (AvgIpc) is 3.41. The van der Waals surface area contributed by atoms with Gasteiger partial charge in [0, 0.05) is 37.4 Å². The minimum Gasteiger partial charge on any atom is -0.386 e. The molecule has 1 aliphatic rings. The van der Waals surface area contributed by atoms with Crippen LogP contribution in [0.5, 0.6) is 0 Å². The van der Waals surface area contributed by atoms with E-state index >= 15 is 8.78 Å². The molecule has 0 aliphatic carbocycles. The molecule has 5 aromatic rings. The molecule has 1 atom stereocenters. The molecule has 6 rings (SSSR count).